The maximum atomic E-state index is 13.3. The first-order chi connectivity index (χ1) is 17.2. The fourth-order valence-electron chi connectivity index (χ4n) is 3.68. The van der Waals surface area contributed by atoms with Crippen molar-refractivity contribution in [2.24, 2.45) is 0 Å². The largest absolute Gasteiger partial charge is 0.494 e. The minimum Gasteiger partial charge on any atom is -0.494 e. The zero-order chi connectivity index (χ0) is 26.7. The van der Waals surface area contributed by atoms with E-state index in [0.717, 1.165) is 17.1 Å². The fraction of sp³-hybridized carbons (Fsp3) is 0.556. The average Bonchev–Trinajstić information content (AvgIpc) is 2.84. The molecule has 36 heavy (non-hydrogen) atoms. The van der Waals surface area contributed by atoms with E-state index in [1.165, 1.54) is 11.8 Å². The molecule has 0 aliphatic rings. The van der Waals surface area contributed by atoms with Crippen LogP contribution in [-0.2, 0) is 22.5 Å². The minimum atomic E-state index is -0.674. The van der Waals surface area contributed by atoms with Gasteiger partial charge in [-0.05, 0) is 64.8 Å². The van der Waals surface area contributed by atoms with Gasteiger partial charge in [-0.3, -0.25) is 14.2 Å². The lowest BCUT2D eigenvalue weighted by Gasteiger charge is -2.21. The highest BCUT2D eigenvalue weighted by molar-refractivity contribution is 8.01. The van der Waals surface area contributed by atoms with E-state index in [1.54, 1.807) is 11.5 Å². The first-order valence-corrected chi connectivity index (χ1v) is 13.5. The van der Waals surface area contributed by atoms with Crippen molar-refractivity contribution < 1.29 is 14.3 Å². The molecule has 8 nitrogen and oxygen atoms in total. The maximum Gasteiger partial charge on any atom is 0.321 e. The SMILES string of the molecule is CCCC(=N)c1nc(CC)n(CCCOc2ccc(SC(C)(C)C(=O)OCC)cc2)c(=O)c1NCC. The molecule has 1 aromatic carbocycles. The smallest absolute Gasteiger partial charge is 0.321 e. The number of anilines is 1. The van der Waals surface area contributed by atoms with E-state index in [1.807, 2.05) is 58.9 Å². The van der Waals surface area contributed by atoms with E-state index in [2.05, 4.69) is 10.3 Å². The molecule has 0 aliphatic carbocycles. The summed E-state index contributed by atoms with van der Waals surface area (Å²) in [5, 5.41) is 11.5. The van der Waals surface area contributed by atoms with E-state index >= 15 is 0 Å². The molecule has 0 unspecified atom stereocenters. The van der Waals surface area contributed by atoms with E-state index in [0.29, 0.717) is 68.5 Å². The van der Waals surface area contributed by atoms with Gasteiger partial charge in [0.25, 0.3) is 5.56 Å². The summed E-state index contributed by atoms with van der Waals surface area (Å²) in [5.74, 6) is 1.17. The number of esters is 1. The highest BCUT2D eigenvalue weighted by Crippen LogP contribution is 2.34. The van der Waals surface area contributed by atoms with Crippen molar-refractivity contribution in [2.45, 2.75) is 83.4 Å². The van der Waals surface area contributed by atoms with Gasteiger partial charge in [-0.25, -0.2) is 4.98 Å². The van der Waals surface area contributed by atoms with Crippen LogP contribution in [-0.4, -0.2) is 45.7 Å². The predicted molar refractivity (Wildman–Crippen MR) is 147 cm³/mol. The van der Waals surface area contributed by atoms with Gasteiger partial charge in [0.15, 0.2) is 0 Å². The summed E-state index contributed by atoms with van der Waals surface area (Å²) in [6, 6.07) is 7.62. The molecule has 0 spiro atoms. The lowest BCUT2D eigenvalue weighted by molar-refractivity contribution is -0.145. The number of aryl methyl sites for hydroxylation is 1. The molecule has 0 saturated heterocycles. The Morgan fingerprint density at radius 2 is 1.86 bits per heavy atom. The van der Waals surface area contributed by atoms with Crippen LogP contribution >= 0.6 is 11.8 Å². The molecule has 9 heteroatoms. The van der Waals surface area contributed by atoms with Gasteiger partial charge >= 0.3 is 5.97 Å². The Balaban J connectivity index is 2.04. The summed E-state index contributed by atoms with van der Waals surface area (Å²) in [5.41, 5.74) is 1.14. The van der Waals surface area contributed by atoms with Gasteiger partial charge in [0.2, 0.25) is 0 Å². The van der Waals surface area contributed by atoms with Crippen molar-refractivity contribution in [1.82, 2.24) is 9.55 Å². The Morgan fingerprint density at radius 3 is 2.44 bits per heavy atom. The van der Waals surface area contributed by atoms with Crippen LogP contribution in [0.1, 0.15) is 72.3 Å². The van der Waals surface area contributed by atoms with Gasteiger partial charge in [0.05, 0.1) is 18.9 Å². The van der Waals surface area contributed by atoms with Crippen LogP contribution in [0.5, 0.6) is 5.75 Å². The van der Waals surface area contributed by atoms with Gasteiger partial charge in [-0.15, -0.1) is 11.8 Å². The minimum absolute atomic E-state index is 0.134. The van der Waals surface area contributed by atoms with Crippen molar-refractivity contribution in [3.8, 4) is 5.75 Å². The number of nitrogens with one attached hydrogen (secondary N) is 2. The van der Waals surface area contributed by atoms with E-state index < -0.39 is 4.75 Å². The quantitative estimate of drug-likeness (QED) is 0.143. The molecule has 2 aromatic rings. The summed E-state index contributed by atoms with van der Waals surface area (Å²) >= 11 is 1.45. The molecule has 0 saturated carbocycles. The van der Waals surface area contributed by atoms with Crippen LogP contribution in [0.3, 0.4) is 0 Å². The van der Waals surface area contributed by atoms with Crippen LogP contribution in [0.4, 0.5) is 5.69 Å². The highest BCUT2D eigenvalue weighted by Gasteiger charge is 2.30. The van der Waals surface area contributed by atoms with Crippen molar-refractivity contribution >= 4 is 29.1 Å². The second-order valence-electron chi connectivity index (χ2n) is 8.83. The second-order valence-corrected chi connectivity index (χ2v) is 10.5. The summed E-state index contributed by atoms with van der Waals surface area (Å²) in [7, 11) is 0. The molecule has 0 atom stereocenters. The highest BCUT2D eigenvalue weighted by atomic mass is 32.2. The Morgan fingerprint density at radius 1 is 1.17 bits per heavy atom. The van der Waals surface area contributed by atoms with Gasteiger partial charge in [-0.2, -0.15) is 0 Å². The number of carbonyl (C=O) groups is 1. The second kappa shape index (κ2) is 14.1. The first-order valence-electron chi connectivity index (χ1n) is 12.7. The number of hydrogen-bond acceptors (Lipinski definition) is 8. The molecule has 2 N–H and O–H groups in total. The molecule has 1 heterocycles. The molecule has 198 valence electrons. The third kappa shape index (κ3) is 7.85. The topological polar surface area (TPSA) is 106 Å². The van der Waals surface area contributed by atoms with Gasteiger partial charge in [0.1, 0.15) is 27.7 Å². The number of hydrogen-bond donors (Lipinski definition) is 2. The summed E-state index contributed by atoms with van der Waals surface area (Å²) in [6.07, 6.45) is 2.66. The number of carbonyl (C=O) groups excluding carboxylic acids is 1. The summed E-state index contributed by atoms with van der Waals surface area (Å²) < 4.78 is 12.1. The Bertz CT molecular complexity index is 1080. The number of rotatable bonds is 15. The van der Waals surface area contributed by atoms with Crippen LogP contribution in [0, 0.1) is 5.41 Å². The van der Waals surface area contributed by atoms with Crippen molar-refractivity contribution in [3.05, 3.63) is 46.1 Å². The van der Waals surface area contributed by atoms with E-state index in [9.17, 15) is 9.59 Å². The average molecular weight is 517 g/mol. The van der Waals surface area contributed by atoms with E-state index in [-0.39, 0.29) is 11.5 Å². The standard InChI is InChI=1S/C27H40N4O4S/c1-7-12-21(28)23-24(29-9-3)25(32)31(22(8-2)30-23)17-11-18-35-19-13-15-20(16-14-19)36-27(5,6)26(33)34-10-4/h13-16,28-29H,7-12,17-18H2,1-6H3. The van der Waals surface area contributed by atoms with Crippen molar-refractivity contribution in [1.29, 1.82) is 5.41 Å². The summed E-state index contributed by atoms with van der Waals surface area (Å²) in [6.45, 7) is 13.3. The molecule has 0 bridgehead atoms. The molecule has 0 fully saturated rings. The monoisotopic (exact) mass is 516 g/mol. The molecule has 0 amide bonds. The summed E-state index contributed by atoms with van der Waals surface area (Å²) in [4.78, 5) is 31.0. The zero-order valence-electron chi connectivity index (χ0n) is 22.4. The third-order valence-electron chi connectivity index (χ3n) is 5.46. The lowest BCUT2D eigenvalue weighted by atomic mass is 10.1. The molecule has 0 radical (unpaired) electrons. The van der Waals surface area contributed by atoms with Crippen LogP contribution in [0.2, 0.25) is 0 Å². The third-order valence-corrected chi connectivity index (χ3v) is 6.65. The maximum absolute atomic E-state index is 13.3. The number of benzene rings is 1. The van der Waals surface area contributed by atoms with Crippen molar-refractivity contribution in [3.63, 3.8) is 0 Å². The van der Waals surface area contributed by atoms with Crippen LogP contribution in [0.25, 0.3) is 0 Å². The molecule has 0 aliphatic heterocycles. The Kier molecular flexibility index (Phi) is 11.5. The zero-order valence-corrected chi connectivity index (χ0v) is 23.2. The molecular formula is C27H40N4O4S. The van der Waals surface area contributed by atoms with Crippen molar-refractivity contribution in [2.75, 3.05) is 25.1 Å². The van der Waals surface area contributed by atoms with Gasteiger partial charge in [-0.1, -0.05) is 20.3 Å². The Labute approximate surface area is 218 Å². The molecular weight excluding hydrogens is 476 g/mol. The van der Waals surface area contributed by atoms with Crippen LogP contribution in [0.15, 0.2) is 34.0 Å². The number of ether oxygens (including phenoxy) is 2. The normalized spacial score (nSPS) is 11.3. The predicted octanol–water partition coefficient (Wildman–Crippen LogP) is 5.31. The van der Waals surface area contributed by atoms with Gasteiger partial charge in [0, 0.05) is 24.4 Å². The number of nitrogens with zero attached hydrogens (tertiary/aromatic N) is 2. The number of aromatic nitrogens is 2. The molecule has 2 rings (SSSR count). The lowest BCUT2D eigenvalue weighted by Crippen LogP contribution is -2.31. The fourth-order valence-corrected chi connectivity index (χ4v) is 4.68. The molecule has 1 aromatic heterocycles. The Hall–Kier alpha value is -2.81. The van der Waals surface area contributed by atoms with Crippen LogP contribution < -0.4 is 15.6 Å². The van der Waals surface area contributed by atoms with E-state index in [4.69, 9.17) is 14.9 Å². The number of thioether (sulfide) groups is 1. The first kappa shape index (κ1) is 29.4. The van der Waals surface area contributed by atoms with Gasteiger partial charge < -0.3 is 20.2 Å².